The number of ether oxygens (including phenoxy) is 1. The van der Waals surface area contributed by atoms with Crippen molar-refractivity contribution >= 4 is 13.8 Å². The zero-order valence-electron chi connectivity index (χ0n) is 23.4. The van der Waals surface area contributed by atoms with Gasteiger partial charge in [-0.1, -0.05) is 84.0 Å². The summed E-state index contributed by atoms with van der Waals surface area (Å²) in [6.07, 6.45) is 2.08. The zero-order chi connectivity index (χ0) is 28.6. The minimum atomic E-state index is -5.23. The fraction of sp³-hybridized carbons (Fsp3) is 0.960. The molecule has 0 aromatic heterocycles. The topological polar surface area (TPSA) is 206 Å². The van der Waals surface area contributed by atoms with Crippen LogP contribution < -0.4 is 34.5 Å². The molecule has 39 heavy (non-hydrogen) atoms. The van der Waals surface area contributed by atoms with Gasteiger partial charge in [0.25, 0.3) is 7.82 Å². The molecule has 14 heteroatoms. The minimum absolute atomic E-state index is 0. The molecule has 0 aromatic carbocycles. The summed E-state index contributed by atoms with van der Waals surface area (Å²) in [4.78, 5) is 23.8. The Bertz CT molecular complexity index is 671. The van der Waals surface area contributed by atoms with Gasteiger partial charge in [-0.05, 0) is 6.42 Å². The van der Waals surface area contributed by atoms with E-state index in [4.69, 9.17) is 4.74 Å². The van der Waals surface area contributed by atoms with Gasteiger partial charge in [-0.2, -0.15) is 0 Å². The summed E-state index contributed by atoms with van der Waals surface area (Å²) < 4.78 is 25.9. The second-order valence-electron chi connectivity index (χ2n) is 10.1. The Balaban J connectivity index is 0.0000144. The molecule has 0 heterocycles. The quantitative estimate of drug-likeness (QED) is 0.0372. The number of rotatable bonds is 21. The average Bonchev–Trinajstić information content (AvgIpc) is 2.89. The summed E-state index contributed by atoms with van der Waals surface area (Å²) in [5.41, 5.74) is 0. The number of carbonyl (C=O) groups is 1. The van der Waals surface area contributed by atoms with Crippen LogP contribution in [0.4, 0.5) is 0 Å². The van der Waals surface area contributed by atoms with Crippen molar-refractivity contribution in [3.63, 3.8) is 0 Å². The molecule has 1 aliphatic carbocycles. The molecule has 0 aliphatic heterocycles. The molecule has 1 saturated carbocycles. The number of aliphatic hydroxyl groups excluding tert-OH is 6. The smallest absolute Gasteiger partial charge is 0.756 e. The van der Waals surface area contributed by atoms with Crippen molar-refractivity contribution in [1.29, 1.82) is 0 Å². The second-order valence-corrected chi connectivity index (χ2v) is 11.5. The molecular formula is C25H48NaO12P. The molecule has 6 N–H and O–H groups in total. The minimum Gasteiger partial charge on any atom is -0.756 e. The van der Waals surface area contributed by atoms with Crippen LogP contribution in [0.1, 0.15) is 96.8 Å². The summed E-state index contributed by atoms with van der Waals surface area (Å²) in [5, 5.41) is 58.3. The van der Waals surface area contributed by atoms with Crippen LogP contribution in [0, 0.1) is 0 Å². The van der Waals surface area contributed by atoms with Gasteiger partial charge in [0.15, 0.2) is 0 Å². The molecule has 8 atom stereocenters. The number of esters is 1. The van der Waals surface area contributed by atoms with Gasteiger partial charge in [-0.15, -0.1) is 0 Å². The van der Waals surface area contributed by atoms with Crippen molar-refractivity contribution < 1.29 is 88.2 Å². The van der Waals surface area contributed by atoms with Gasteiger partial charge in [-0.3, -0.25) is 9.36 Å². The van der Waals surface area contributed by atoms with Crippen LogP contribution in [-0.2, 0) is 23.1 Å². The van der Waals surface area contributed by atoms with E-state index in [9.17, 15) is 44.9 Å². The molecule has 0 aromatic rings. The van der Waals surface area contributed by atoms with Crippen LogP contribution in [0.5, 0.6) is 0 Å². The SMILES string of the molecule is CCCCCCCCCCCCCCCC(=O)OC[C@@H](O)COP(=O)([O-])OC1[C@H](O)[C@H](O)C(O)[C@H](O)[C@H]1O.[Na+]. The second kappa shape index (κ2) is 22.0. The molecule has 1 fully saturated rings. The molecule has 0 bridgehead atoms. The maximum atomic E-state index is 12.0. The first-order chi connectivity index (χ1) is 18.0. The summed E-state index contributed by atoms with van der Waals surface area (Å²) in [6.45, 7) is 0.881. The predicted molar refractivity (Wildman–Crippen MR) is 136 cm³/mol. The normalized spacial score (nSPS) is 27.4. The van der Waals surface area contributed by atoms with Gasteiger partial charge < -0.3 is 49.3 Å². The Labute approximate surface area is 254 Å². The molecule has 1 aliphatic rings. The first kappa shape index (κ1) is 39.3. The van der Waals surface area contributed by atoms with E-state index in [1.807, 2.05) is 0 Å². The van der Waals surface area contributed by atoms with Crippen molar-refractivity contribution in [2.75, 3.05) is 13.2 Å². The fourth-order valence-corrected chi connectivity index (χ4v) is 5.24. The molecule has 0 radical (unpaired) electrons. The summed E-state index contributed by atoms with van der Waals surface area (Å²) in [6, 6.07) is 0. The van der Waals surface area contributed by atoms with Gasteiger partial charge >= 0.3 is 35.5 Å². The number of phosphoric ester groups is 1. The van der Waals surface area contributed by atoms with Crippen LogP contribution >= 0.6 is 7.82 Å². The summed E-state index contributed by atoms with van der Waals surface area (Å²) in [7, 11) is -5.23. The maximum Gasteiger partial charge on any atom is 1.00 e. The van der Waals surface area contributed by atoms with Gasteiger partial charge in [0, 0.05) is 6.42 Å². The van der Waals surface area contributed by atoms with Crippen LogP contribution in [-0.4, -0.2) is 92.5 Å². The van der Waals surface area contributed by atoms with Gasteiger partial charge in [0.1, 0.15) is 49.3 Å². The first-order valence-corrected chi connectivity index (χ1v) is 15.3. The molecule has 1 rings (SSSR count). The average molecular weight is 595 g/mol. The van der Waals surface area contributed by atoms with E-state index < -0.39 is 69.7 Å². The third kappa shape index (κ3) is 16.5. The number of hydrogen-bond donors (Lipinski definition) is 6. The van der Waals surface area contributed by atoms with E-state index in [1.54, 1.807) is 0 Å². The monoisotopic (exact) mass is 594 g/mol. The van der Waals surface area contributed by atoms with Crippen LogP contribution in [0.15, 0.2) is 0 Å². The van der Waals surface area contributed by atoms with E-state index in [2.05, 4.69) is 16.0 Å². The summed E-state index contributed by atoms with van der Waals surface area (Å²) in [5.74, 6) is -0.524. The van der Waals surface area contributed by atoms with Gasteiger partial charge in [0.2, 0.25) is 0 Å². The Hall–Kier alpha value is 0.340. The number of phosphoric acid groups is 1. The van der Waals surface area contributed by atoms with E-state index in [1.165, 1.54) is 57.8 Å². The number of hydrogen-bond acceptors (Lipinski definition) is 12. The Morgan fingerprint density at radius 1 is 0.744 bits per heavy atom. The standard InChI is InChI=1S/C25H49O12P.Na/c1-2-3-4-5-6-7-8-9-10-11-12-13-14-15-19(27)35-16-18(26)17-36-38(33,34)37-25-23(31)21(29)20(28)22(30)24(25)32;/h18,20-26,28-32H,2-17H2,1H3,(H,33,34);/q;+1/p-1/t18-,20?,21-,22+,23-,24-,25?;/m1./s1. The Kier molecular flexibility index (Phi) is 22.1. The number of aliphatic hydroxyl groups is 6. The fourth-order valence-electron chi connectivity index (χ4n) is 4.27. The summed E-state index contributed by atoms with van der Waals surface area (Å²) >= 11 is 0. The third-order valence-corrected chi connectivity index (χ3v) is 7.64. The van der Waals surface area contributed by atoms with Crippen LogP contribution in [0.3, 0.4) is 0 Å². The van der Waals surface area contributed by atoms with Crippen LogP contribution in [0.2, 0.25) is 0 Å². The van der Waals surface area contributed by atoms with Crippen molar-refractivity contribution in [1.82, 2.24) is 0 Å². The third-order valence-electron chi connectivity index (χ3n) is 6.67. The van der Waals surface area contributed by atoms with E-state index in [0.717, 1.165) is 19.3 Å². The van der Waals surface area contributed by atoms with Crippen LogP contribution in [0.25, 0.3) is 0 Å². The van der Waals surface area contributed by atoms with Crippen molar-refractivity contribution in [2.24, 2.45) is 0 Å². The molecule has 226 valence electrons. The molecule has 3 unspecified atom stereocenters. The van der Waals surface area contributed by atoms with E-state index in [-0.39, 0.29) is 36.0 Å². The maximum absolute atomic E-state index is 12.0. The Morgan fingerprint density at radius 3 is 1.62 bits per heavy atom. The van der Waals surface area contributed by atoms with E-state index in [0.29, 0.717) is 6.42 Å². The molecule has 12 nitrogen and oxygen atoms in total. The van der Waals surface area contributed by atoms with E-state index >= 15 is 0 Å². The largest absolute Gasteiger partial charge is 1.00 e. The molecule has 0 spiro atoms. The number of unbranched alkanes of at least 4 members (excludes halogenated alkanes) is 12. The Morgan fingerprint density at radius 2 is 1.15 bits per heavy atom. The first-order valence-electron chi connectivity index (χ1n) is 13.9. The van der Waals surface area contributed by atoms with Gasteiger partial charge in [-0.25, -0.2) is 0 Å². The van der Waals surface area contributed by atoms with Crippen molar-refractivity contribution in [2.45, 2.75) is 140 Å². The predicted octanol–water partition coefficient (Wildman–Crippen LogP) is -1.94. The zero-order valence-corrected chi connectivity index (χ0v) is 26.3. The van der Waals surface area contributed by atoms with Crippen molar-refractivity contribution in [3.05, 3.63) is 0 Å². The molecular weight excluding hydrogens is 546 g/mol. The molecule has 0 saturated heterocycles. The molecule has 0 amide bonds. The number of carbonyl (C=O) groups excluding carboxylic acids is 1. The van der Waals surface area contributed by atoms with Gasteiger partial charge in [0.05, 0.1) is 6.61 Å². The van der Waals surface area contributed by atoms with Crippen molar-refractivity contribution in [3.8, 4) is 0 Å².